The molecule has 8 nitrogen and oxygen atoms in total. The molecule has 0 bridgehead atoms. The molecule has 9 heteroatoms. The SMILES string of the molecule is Cc1cc(NC(=O)C(C)SCC(=O)N[C@H](C)C(=O)O)no1. The molecule has 1 aromatic rings. The van der Waals surface area contributed by atoms with Crippen LogP contribution < -0.4 is 10.6 Å². The number of carboxylic acid groups (broad SMARTS) is 1. The summed E-state index contributed by atoms with van der Waals surface area (Å²) in [5.74, 6) is -0.981. The maximum atomic E-state index is 11.8. The molecule has 1 aromatic heterocycles. The van der Waals surface area contributed by atoms with E-state index in [2.05, 4.69) is 15.8 Å². The van der Waals surface area contributed by atoms with E-state index < -0.39 is 23.2 Å². The maximum absolute atomic E-state index is 11.8. The molecule has 1 rings (SSSR count). The summed E-state index contributed by atoms with van der Waals surface area (Å²) in [6.07, 6.45) is 0. The van der Waals surface area contributed by atoms with Crippen molar-refractivity contribution in [2.24, 2.45) is 0 Å². The van der Waals surface area contributed by atoms with Crippen molar-refractivity contribution >= 4 is 35.4 Å². The van der Waals surface area contributed by atoms with Gasteiger partial charge in [-0.25, -0.2) is 0 Å². The molecule has 2 atom stereocenters. The highest BCUT2D eigenvalue weighted by atomic mass is 32.2. The molecule has 3 N–H and O–H groups in total. The number of thioether (sulfide) groups is 1. The van der Waals surface area contributed by atoms with E-state index in [-0.39, 0.29) is 11.7 Å². The lowest BCUT2D eigenvalue weighted by molar-refractivity contribution is -0.140. The molecule has 116 valence electrons. The molecule has 0 aliphatic heterocycles. The van der Waals surface area contributed by atoms with Crippen molar-refractivity contribution < 1.29 is 24.0 Å². The highest BCUT2D eigenvalue weighted by Crippen LogP contribution is 2.14. The fraction of sp³-hybridized carbons (Fsp3) is 0.500. The lowest BCUT2D eigenvalue weighted by atomic mass is 10.3. The minimum Gasteiger partial charge on any atom is -0.480 e. The molecule has 1 unspecified atom stereocenters. The van der Waals surface area contributed by atoms with Crippen molar-refractivity contribution in [3.05, 3.63) is 11.8 Å². The van der Waals surface area contributed by atoms with Crippen molar-refractivity contribution in [3.8, 4) is 0 Å². The van der Waals surface area contributed by atoms with Crippen LogP contribution in [0.25, 0.3) is 0 Å². The smallest absolute Gasteiger partial charge is 0.325 e. The van der Waals surface area contributed by atoms with Crippen molar-refractivity contribution in [3.63, 3.8) is 0 Å². The summed E-state index contributed by atoms with van der Waals surface area (Å²) in [4.78, 5) is 33.9. The maximum Gasteiger partial charge on any atom is 0.325 e. The first kappa shape index (κ1) is 17.0. The number of hydrogen-bond acceptors (Lipinski definition) is 6. The van der Waals surface area contributed by atoms with Gasteiger partial charge in [-0.1, -0.05) is 5.16 Å². The number of aliphatic carboxylic acids is 1. The largest absolute Gasteiger partial charge is 0.480 e. The van der Waals surface area contributed by atoms with Crippen LogP contribution in [0, 0.1) is 6.92 Å². The van der Waals surface area contributed by atoms with Crippen LogP contribution >= 0.6 is 11.8 Å². The van der Waals surface area contributed by atoms with Gasteiger partial charge in [-0.15, -0.1) is 11.8 Å². The number of nitrogens with zero attached hydrogens (tertiary/aromatic N) is 1. The third kappa shape index (κ3) is 5.86. The van der Waals surface area contributed by atoms with Crippen molar-refractivity contribution in [1.29, 1.82) is 0 Å². The minimum atomic E-state index is -1.11. The Hall–Kier alpha value is -2.03. The van der Waals surface area contributed by atoms with Crippen molar-refractivity contribution in [2.45, 2.75) is 32.1 Å². The number of anilines is 1. The summed E-state index contributed by atoms with van der Waals surface area (Å²) in [5.41, 5.74) is 0. The number of hydrogen-bond donors (Lipinski definition) is 3. The summed E-state index contributed by atoms with van der Waals surface area (Å²) >= 11 is 1.10. The number of aryl methyl sites for hydroxylation is 1. The Bertz CT molecular complexity index is 531. The van der Waals surface area contributed by atoms with Crippen LogP contribution in [0.4, 0.5) is 5.82 Å². The first-order valence-electron chi connectivity index (χ1n) is 6.17. The zero-order chi connectivity index (χ0) is 16.0. The van der Waals surface area contributed by atoms with Crippen molar-refractivity contribution in [1.82, 2.24) is 10.5 Å². The fourth-order valence-corrected chi connectivity index (χ4v) is 1.97. The van der Waals surface area contributed by atoms with E-state index in [1.807, 2.05) is 0 Å². The van der Waals surface area contributed by atoms with E-state index in [9.17, 15) is 14.4 Å². The molecule has 0 saturated heterocycles. The van der Waals surface area contributed by atoms with Gasteiger partial charge in [0, 0.05) is 6.07 Å². The first-order chi connectivity index (χ1) is 9.79. The molecule has 2 amide bonds. The van der Waals surface area contributed by atoms with Gasteiger partial charge in [0.05, 0.1) is 11.0 Å². The highest BCUT2D eigenvalue weighted by molar-refractivity contribution is 8.01. The van der Waals surface area contributed by atoms with E-state index in [1.165, 1.54) is 6.92 Å². The second kappa shape index (κ2) is 7.67. The first-order valence-corrected chi connectivity index (χ1v) is 7.22. The Morgan fingerprint density at radius 1 is 1.43 bits per heavy atom. The van der Waals surface area contributed by atoms with Crippen LogP contribution in [0.15, 0.2) is 10.6 Å². The molecular formula is C12H17N3O5S. The Kier molecular flexibility index (Phi) is 6.22. The Balaban J connectivity index is 2.35. The lowest BCUT2D eigenvalue weighted by Gasteiger charge is -2.12. The van der Waals surface area contributed by atoms with E-state index >= 15 is 0 Å². The number of rotatable bonds is 7. The molecule has 0 radical (unpaired) electrons. The minimum absolute atomic E-state index is 0.00987. The predicted octanol–water partition coefficient (Wildman–Crippen LogP) is 0.633. The second-order valence-electron chi connectivity index (χ2n) is 4.39. The van der Waals surface area contributed by atoms with E-state index in [0.29, 0.717) is 11.6 Å². The molecule has 0 saturated carbocycles. The Labute approximate surface area is 125 Å². The summed E-state index contributed by atoms with van der Waals surface area (Å²) in [5, 5.41) is 16.7. The van der Waals surface area contributed by atoms with Gasteiger partial charge in [-0.3, -0.25) is 14.4 Å². The number of aromatic nitrogens is 1. The number of carbonyl (C=O) groups excluding carboxylic acids is 2. The Morgan fingerprint density at radius 2 is 2.10 bits per heavy atom. The number of carboxylic acids is 1. The average molecular weight is 315 g/mol. The van der Waals surface area contributed by atoms with Crippen LogP contribution in [-0.2, 0) is 14.4 Å². The zero-order valence-corrected chi connectivity index (χ0v) is 12.7. The van der Waals surface area contributed by atoms with Gasteiger partial charge in [-0.05, 0) is 20.8 Å². The van der Waals surface area contributed by atoms with Gasteiger partial charge in [0.15, 0.2) is 5.82 Å². The normalized spacial score (nSPS) is 13.3. The molecule has 0 fully saturated rings. The number of amides is 2. The average Bonchev–Trinajstić information content (AvgIpc) is 2.81. The quantitative estimate of drug-likeness (QED) is 0.674. The topological polar surface area (TPSA) is 122 Å². The molecule has 0 aromatic carbocycles. The molecule has 0 aliphatic carbocycles. The van der Waals surface area contributed by atoms with Crippen LogP contribution in [0.3, 0.4) is 0 Å². The summed E-state index contributed by atoms with van der Waals surface area (Å²) in [6.45, 7) is 4.71. The molecular weight excluding hydrogens is 298 g/mol. The monoisotopic (exact) mass is 315 g/mol. The van der Waals surface area contributed by atoms with E-state index in [4.69, 9.17) is 9.63 Å². The Morgan fingerprint density at radius 3 is 2.62 bits per heavy atom. The van der Waals surface area contributed by atoms with Gasteiger partial charge in [-0.2, -0.15) is 0 Å². The van der Waals surface area contributed by atoms with Crippen LogP contribution in [0.2, 0.25) is 0 Å². The third-order valence-electron chi connectivity index (χ3n) is 2.46. The molecule has 0 spiro atoms. The van der Waals surface area contributed by atoms with E-state index in [0.717, 1.165) is 11.8 Å². The standard InChI is InChI=1S/C12H17N3O5S/c1-6-4-9(15-20-6)14-11(17)8(3)21-5-10(16)13-7(2)12(18)19/h4,7-8H,5H2,1-3H3,(H,13,16)(H,18,19)(H,14,15,17)/t7-,8?/m1/s1. The van der Waals surface area contributed by atoms with Crippen LogP contribution in [0.5, 0.6) is 0 Å². The number of nitrogens with one attached hydrogen (secondary N) is 2. The zero-order valence-electron chi connectivity index (χ0n) is 11.9. The second-order valence-corrected chi connectivity index (χ2v) is 5.72. The summed E-state index contributed by atoms with van der Waals surface area (Å²) in [6, 6.07) is 0.622. The van der Waals surface area contributed by atoms with Gasteiger partial charge in [0.1, 0.15) is 11.8 Å². The fourth-order valence-electron chi connectivity index (χ4n) is 1.27. The molecule has 0 aliphatic rings. The number of carbonyl (C=O) groups is 3. The highest BCUT2D eigenvalue weighted by Gasteiger charge is 2.18. The van der Waals surface area contributed by atoms with Crippen molar-refractivity contribution in [2.75, 3.05) is 11.1 Å². The van der Waals surface area contributed by atoms with Gasteiger partial charge in [0.25, 0.3) is 0 Å². The van der Waals surface area contributed by atoms with Gasteiger partial charge in [0.2, 0.25) is 11.8 Å². The lowest BCUT2D eigenvalue weighted by Crippen LogP contribution is -2.39. The predicted molar refractivity (Wildman–Crippen MR) is 77.0 cm³/mol. The van der Waals surface area contributed by atoms with Gasteiger partial charge < -0.3 is 20.3 Å². The summed E-state index contributed by atoms with van der Waals surface area (Å²) < 4.78 is 4.82. The van der Waals surface area contributed by atoms with E-state index in [1.54, 1.807) is 19.9 Å². The van der Waals surface area contributed by atoms with Gasteiger partial charge >= 0.3 is 5.97 Å². The molecule has 21 heavy (non-hydrogen) atoms. The summed E-state index contributed by atoms with van der Waals surface area (Å²) in [7, 11) is 0. The third-order valence-corrected chi connectivity index (χ3v) is 3.60. The van der Waals surface area contributed by atoms with Crippen LogP contribution in [0.1, 0.15) is 19.6 Å². The van der Waals surface area contributed by atoms with Crippen LogP contribution in [-0.4, -0.2) is 45.1 Å². The molecule has 1 heterocycles.